The number of allylic oxidation sites excluding steroid dienone is 1. The first-order valence-electron chi connectivity index (χ1n) is 12.5. The van der Waals surface area contributed by atoms with E-state index in [2.05, 4.69) is 16.1 Å². The van der Waals surface area contributed by atoms with Gasteiger partial charge in [0.1, 0.15) is 5.75 Å². The quantitative estimate of drug-likeness (QED) is 0.193. The molecule has 9 heteroatoms. The SMILES string of the molecule is C=CC1CCC(C2CCC(c3cc(F)c(OCC(F)(F)Oc4cc(F)c(F)c(F)c4)c(F)c3)CC2)CC1. The minimum absolute atomic E-state index is 0.0353. The third-order valence-electron chi connectivity index (χ3n) is 7.69. The maximum atomic E-state index is 14.7. The predicted molar refractivity (Wildman–Crippen MR) is 124 cm³/mol. The van der Waals surface area contributed by atoms with Crippen LogP contribution in [0, 0.1) is 46.8 Å². The molecule has 2 aromatic rings. The second-order valence-corrected chi connectivity index (χ2v) is 10.1. The topological polar surface area (TPSA) is 18.5 Å². The number of hydrogen-bond donors (Lipinski definition) is 0. The summed E-state index contributed by atoms with van der Waals surface area (Å²) < 4.78 is 106. The average molecular weight is 531 g/mol. The largest absolute Gasteiger partial charge is 0.477 e. The molecule has 0 saturated heterocycles. The predicted octanol–water partition coefficient (Wildman–Crippen LogP) is 8.70. The summed E-state index contributed by atoms with van der Waals surface area (Å²) in [6.07, 6.45) is 6.04. The zero-order valence-corrected chi connectivity index (χ0v) is 20.2. The van der Waals surface area contributed by atoms with E-state index in [0.29, 0.717) is 23.3 Å². The summed E-state index contributed by atoms with van der Waals surface area (Å²) in [4.78, 5) is 0. The molecule has 0 N–H and O–H groups in total. The van der Waals surface area contributed by atoms with E-state index in [-0.39, 0.29) is 18.1 Å². The minimum atomic E-state index is -4.21. The van der Waals surface area contributed by atoms with E-state index in [1.807, 2.05) is 6.08 Å². The molecule has 2 nitrogen and oxygen atoms in total. The number of rotatable bonds is 8. The van der Waals surface area contributed by atoms with Crippen molar-refractivity contribution in [2.45, 2.75) is 63.4 Å². The van der Waals surface area contributed by atoms with Gasteiger partial charge in [-0.05, 0) is 92.7 Å². The van der Waals surface area contributed by atoms with E-state index < -0.39 is 53.3 Å². The lowest BCUT2D eigenvalue weighted by atomic mass is 9.68. The Labute approximate surface area is 211 Å². The summed E-state index contributed by atoms with van der Waals surface area (Å²) in [5.74, 6) is -7.74. The lowest BCUT2D eigenvalue weighted by Gasteiger charge is -2.37. The zero-order valence-electron chi connectivity index (χ0n) is 20.2. The van der Waals surface area contributed by atoms with Crippen molar-refractivity contribution in [1.82, 2.24) is 0 Å². The minimum Gasteiger partial charge on any atom is -0.477 e. The van der Waals surface area contributed by atoms with Gasteiger partial charge in [0.05, 0.1) is 0 Å². The molecule has 0 aliphatic heterocycles. The van der Waals surface area contributed by atoms with E-state index in [0.717, 1.165) is 50.7 Å². The number of alkyl halides is 2. The number of ether oxygens (including phenoxy) is 2. The molecule has 2 aliphatic carbocycles. The molecule has 4 rings (SSSR count). The van der Waals surface area contributed by atoms with Crippen LogP contribution < -0.4 is 9.47 Å². The molecule has 0 spiro atoms. The van der Waals surface area contributed by atoms with Crippen molar-refractivity contribution < 1.29 is 40.2 Å². The van der Waals surface area contributed by atoms with Gasteiger partial charge in [0, 0.05) is 12.1 Å². The molecule has 2 aromatic carbocycles. The summed E-state index contributed by atoms with van der Waals surface area (Å²) in [6.45, 7) is 2.25. The standard InChI is InChI=1S/C28H29F7O2/c1-2-16-3-5-17(6-4-16)18-7-9-19(10-8-18)20-11-24(31)27(25(32)12-20)36-15-28(34,35)37-21-13-22(29)26(33)23(30)14-21/h2,11-14,16-19H,1,3-10,15H2. The van der Waals surface area contributed by atoms with Crippen LogP contribution in [0.3, 0.4) is 0 Å². The Kier molecular flexibility index (Phi) is 8.39. The Morgan fingerprint density at radius 1 is 0.757 bits per heavy atom. The van der Waals surface area contributed by atoms with Gasteiger partial charge in [0.25, 0.3) is 0 Å². The van der Waals surface area contributed by atoms with Crippen molar-refractivity contribution in [1.29, 1.82) is 0 Å². The van der Waals surface area contributed by atoms with E-state index in [1.54, 1.807) is 0 Å². The van der Waals surface area contributed by atoms with Crippen LogP contribution >= 0.6 is 0 Å². The summed E-state index contributed by atoms with van der Waals surface area (Å²) >= 11 is 0. The molecule has 37 heavy (non-hydrogen) atoms. The van der Waals surface area contributed by atoms with Crippen LogP contribution in [-0.2, 0) is 0 Å². The molecule has 0 heterocycles. The van der Waals surface area contributed by atoms with Crippen molar-refractivity contribution >= 4 is 0 Å². The van der Waals surface area contributed by atoms with Crippen LogP contribution in [0.2, 0.25) is 0 Å². The normalized spacial score (nSPS) is 24.5. The van der Waals surface area contributed by atoms with Gasteiger partial charge in [-0.3, -0.25) is 0 Å². The smallest absolute Gasteiger partial charge is 0.433 e. The van der Waals surface area contributed by atoms with Gasteiger partial charge in [0.15, 0.2) is 41.4 Å². The zero-order chi connectivity index (χ0) is 26.7. The van der Waals surface area contributed by atoms with Crippen molar-refractivity contribution in [2.75, 3.05) is 6.61 Å². The highest BCUT2D eigenvalue weighted by atomic mass is 19.3. The van der Waals surface area contributed by atoms with Gasteiger partial charge in [-0.1, -0.05) is 6.08 Å². The molecular weight excluding hydrogens is 501 g/mol. The molecule has 0 bridgehead atoms. The van der Waals surface area contributed by atoms with Crippen LogP contribution in [0.15, 0.2) is 36.9 Å². The third-order valence-corrected chi connectivity index (χ3v) is 7.69. The molecule has 2 aliphatic rings. The van der Waals surface area contributed by atoms with Gasteiger partial charge in [-0.25, -0.2) is 22.0 Å². The molecule has 0 atom stereocenters. The first-order valence-corrected chi connectivity index (χ1v) is 12.5. The fourth-order valence-corrected chi connectivity index (χ4v) is 5.68. The fraction of sp³-hybridized carbons (Fsp3) is 0.500. The molecule has 0 aromatic heterocycles. The first-order chi connectivity index (χ1) is 17.6. The summed E-state index contributed by atoms with van der Waals surface area (Å²) in [7, 11) is 0. The Hall–Kier alpha value is -2.71. The Morgan fingerprint density at radius 3 is 1.78 bits per heavy atom. The lowest BCUT2D eigenvalue weighted by molar-refractivity contribution is -0.196. The van der Waals surface area contributed by atoms with Gasteiger partial charge >= 0.3 is 6.11 Å². The maximum absolute atomic E-state index is 14.7. The van der Waals surface area contributed by atoms with Crippen molar-refractivity contribution in [3.05, 3.63) is 71.6 Å². The van der Waals surface area contributed by atoms with Crippen molar-refractivity contribution in [2.24, 2.45) is 17.8 Å². The van der Waals surface area contributed by atoms with Crippen LogP contribution in [0.25, 0.3) is 0 Å². The van der Waals surface area contributed by atoms with Crippen LogP contribution in [-0.4, -0.2) is 12.7 Å². The molecule has 2 fully saturated rings. The highest BCUT2D eigenvalue weighted by molar-refractivity contribution is 5.33. The lowest BCUT2D eigenvalue weighted by Crippen LogP contribution is -2.33. The molecule has 202 valence electrons. The second-order valence-electron chi connectivity index (χ2n) is 10.1. The molecule has 0 radical (unpaired) electrons. The first kappa shape index (κ1) is 27.3. The van der Waals surface area contributed by atoms with Gasteiger partial charge in [0.2, 0.25) is 0 Å². The summed E-state index contributed by atoms with van der Waals surface area (Å²) in [5.41, 5.74) is 0.455. The van der Waals surface area contributed by atoms with E-state index in [1.165, 1.54) is 12.8 Å². The van der Waals surface area contributed by atoms with E-state index >= 15 is 0 Å². The van der Waals surface area contributed by atoms with Crippen LogP contribution in [0.5, 0.6) is 11.5 Å². The molecule has 0 unspecified atom stereocenters. The van der Waals surface area contributed by atoms with Crippen molar-refractivity contribution in [3.63, 3.8) is 0 Å². The van der Waals surface area contributed by atoms with Gasteiger partial charge in [-0.15, -0.1) is 6.58 Å². The Balaban J connectivity index is 1.34. The Bertz CT molecular complexity index is 1060. The van der Waals surface area contributed by atoms with E-state index in [9.17, 15) is 30.7 Å². The van der Waals surface area contributed by atoms with Crippen LogP contribution in [0.1, 0.15) is 62.8 Å². The fourth-order valence-electron chi connectivity index (χ4n) is 5.68. The summed E-state index contributed by atoms with van der Waals surface area (Å²) in [5, 5.41) is 0. The average Bonchev–Trinajstić information content (AvgIpc) is 2.86. The van der Waals surface area contributed by atoms with Crippen molar-refractivity contribution in [3.8, 4) is 11.5 Å². The van der Waals surface area contributed by atoms with E-state index in [4.69, 9.17) is 0 Å². The summed E-state index contributed by atoms with van der Waals surface area (Å²) in [6, 6.07) is 2.65. The second kappa shape index (κ2) is 11.4. The molecular formula is C28H29F7O2. The third kappa shape index (κ3) is 6.60. The Morgan fingerprint density at radius 2 is 1.27 bits per heavy atom. The number of halogens is 7. The number of benzene rings is 2. The van der Waals surface area contributed by atoms with Gasteiger partial charge < -0.3 is 9.47 Å². The number of hydrogen-bond acceptors (Lipinski definition) is 2. The highest BCUT2D eigenvalue weighted by Crippen LogP contribution is 2.44. The van der Waals surface area contributed by atoms with Crippen LogP contribution in [0.4, 0.5) is 30.7 Å². The highest BCUT2D eigenvalue weighted by Gasteiger charge is 2.35. The monoisotopic (exact) mass is 530 g/mol. The maximum Gasteiger partial charge on any atom is 0.433 e. The molecule has 0 amide bonds. The van der Waals surface area contributed by atoms with Gasteiger partial charge in [-0.2, -0.15) is 8.78 Å². The molecule has 2 saturated carbocycles.